The maximum Gasteiger partial charge on any atom is 0.231 e. The van der Waals surface area contributed by atoms with E-state index in [0.29, 0.717) is 0 Å². The quantitative estimate of drug-likeness (QED) is 0.374. The first kappa shape index (κ1) is 11.9. The summed E-state index contributed by atoms with van der Waals surface area (Å²) in [6.45, 7) is 0. The fraction of sp³-hybridized carbons (Fsp3) is 0. The number of pyridine rings is 1. The Labute approximate surface area is 71.8 Å². The molecule has 48 valence electrons. The molecule has 0 aliphatic heterocycles. The third-order valence-electron chi connectivity index (χ3n) is 0.566. The molecular weight excluding hydrogens is 181 g/mol. The van der Waals surface area contributed by atoms with Crippen LogP contribution in [0.25, 0.3) is 0 Å². The molecule has 0 saturated heterocycles. The van der Waals surface area contributed by atoms with Gasteiger partial charge < -0.3 is 0 Å². The van der Waals surface area contributed by atoms with Crippen molar-refractivity contribution < 1.29 is 24.3 Å². The molecule has 0 aliphatic rings. The molecule has 1 rings (SSSR count). The molecular formula is C6H6N2OZn. The summed E-state index contributed by atoms with van der Waals surface area (Å²) >= 11 is 0. The van der Waals surface area contributed by atoms with E-state index in [0.717, 1.165) is 6.08 Å². The van der Waals surface area contributed by atoms with Crippen molar-refractivity contribution >= 4 is 6.08 Å². The monoisotopic (exact) mass is 186 g/mol. The topological polar surface area (TPSA) is 53.8 Å². The predicted octanol–water partition coefficient (Wildman–Crippen LogP) is 0.980. The van der Waals surface area contributed by atoms with E-state index in [-0.39, 0.29) is 19.5 Å². The second kappa shape index (κ2) is 11.0. The minimum atomic E-state index is 0. The van der Waals surface area contributed by atoms with E-state index in [1.165, 1.54) is 0 Å². The van der Waals surface area contributed by atoms with Gasteiger partial charge >= 0.3 is 0 Å². The third-order valence-corrected chi connectivity index (χ3v) is 0.566. The van der Waals surface area contributed by atoms with Crippen LogP contribution in [0.1, 0.15) is 0 Å². The van der Waals surface area contributed by atoms with Crippen molar-refractivity contribution in [3.63, 3.8) is 0 Å². The zero-order chi connectivity index (χ0) is 6.95. The van der Waals surface area contributed by atoms with Gasteiger partial charge in [-0.3, -0.25) is 4.98 Å². The molecule has 0 aliphatic carbocycles. The second-order valence-corrected chi connectivity index (χ2v) is 1.13. The molecule has 0 saturated carbocycles. The Morgan fingerprint density at radius 3 is 1.70 bits per heavy atom. The van der Waals surface area contributed by atoms with Crippen molar-refractivity contribution in [2.24, 2.45) is 0 Å². The van der Waals surface area contributed by atoms with Crippen LogP contribution >= 0.6 is 0 Å². The molecule has 0 bridgehead atoms. The van der Waals surface area contributed by atoms with Crippen molar-refractivity contribution in [1.29, 1.82) is 5.41 Å². The Morgan fingerprint density at radius 1 is 1.20 bits per heavy atom. The van der Waals surface area contributed by atoms with Gasteiger partial charge in [0.25, 0.3) is 0 Å². The van der Waals surface area contributed by atoms with Crippen LogP contribution in [0, 0.1) is 5.41 Å². The fourth-order valence-corrected chi connectivity index (χ4v) is 0.313. The molecule has 1 aromatic heterocycles. The molecule has 3 nitrogen and oxygen atoms in total. The SMILES string of the molecule is N=C=O.[Zn].c1ccncc1. The molecule has 1 heterocycles. The Morgan fingerprint density at radius 2 is 1.60 bits per heavy atom. The van der Waals surface area contributed by atoms with E-state index >= 15 is 0 Å². The average molecular weight is 188 g/mol. The standard InChI is InChI=1S/C5H5N.CHNO.Zn/c1-2-4-6-5-3-1;2-1-3;/h1-5H;2H;. The first-order valence-corrected chi connectivity index (χ1v) is 2.30. The van der Waals surface area contributed by atoms with Gasteiger partial charge in [-0.05, 0) is 12.1 Å². The number of hydrogen-bond acceptors (Lipinski definition) is 3. The summed E-state index contributed by atoms with van der Waals surface area (Å²) in [4.78, 5) is 12.1. The molecule has 0 unspecified atom stereocenters. The number of nitrogens with zero attached hydrogens (tertiary/aromatic N) is 1. The summed E-state index contributed by atoms with van der Waals surface area (Å²) < 4.78 is 0. The third kappa shape index (κ3) is 10.2. The molecule has 0 radical (unpaired) electrons. The maximum atomic E-state index is 8.35. The predicted molar refractivity (Wildman–Crippen MR) is 32.7 cm³/mol. The van der Waals surface area contributed by atoms with Gasteiger partial charge in [-0.1, -0.05) is 6.07 Å². The average Bonchev–Trinajstić information content (AvgIpc) is 1.93. The van der Waals surface area contributed by atoms with Gasteiger partial charge in [-0.2, -0.15) is 0 Å². The van der Waals surface area contributed by atoms with E-state index in [2.05, 4.69) is 4.98 Å². The van der Waals surface area contributed by atoms with Gasteiger partial charge in [0.1, 0.15) is 0 Å². The molecule has 0 spiro atoms. The zero-order valence-electron chi connectivity index (χ0n) is 5.45. The van der Waals surface area contributed by atoms with Crippen LogP contribution in [0.4, 0.5) is 0 Å². The van der Waals surface area contributed by atoms with Crippen molar-refractivity contribution in [2.75, 3.05) is 0 Å². The Balaban J connectivity index is 0. The van der Waals surface area contributed by atoms with Crippen molar-refractivity contribution in [2.45, 2.75) is 0 Å². The fourth-order valence-electron chi connectivity index (χ4n) is 0.313. The minimum Gasteiger partial charge on any atom is -0.265 e. The first-order valence-electron chi connectivity index (χ1n) is 2.30. The number of aromatic nitrogens is 1. The van der Waals surface area contributed by atoms with Gasteiger partial charge in [-0.15, -0.1) is 0 Å². The summed E-state index contributed by atoms with van der Waals surface area (Å²) in [5, 5.41) is 5.40. The van der Waals surface area contributed by atoms with Crippen molar-refractivity contribution in [1.82, 2.24) is 4.98 Å². The Bertz CT molecular complexity index is 146. The van der Waals surface area contributed by atoms with Gasteiger partial charge in [0.2, 0.25) is 6.08 Å². The van der Waals surface area contributed by atoms with E-state index in [4.69, 9.17) is 10.2 Å². The van der Waals surface area contributed by atoms with Crippen LogP contribution in [-0.2, 0) is 24.3 Å². The Kier molecular flexibility index (Phi) is 13.1. The number of hydrogen-bond donors (Lipinski definition) is 1. The summed E-state index contributed by atoms with van der Waals surface area (Å²) in [6.07, 6.45) is 4.25. The van der Waals surface area contributed by atoms with Crippen LogP contribution in [-0.4, -0.2) is 11.1 Å². The molecule has 10 heavy (non-hydrogen) atoms. The van der Waals surface area contributed by atoms with Gasteiger partial charge in [0, 0.05) is 31.9 Å². The molecule has 0 amide bonds. The molecule has 1 aromatic rings. The van der Waals surface area contributed by atoms with E-state index < -0.39 is 0 Å². The van der Waals surface area contributed by atoms with Crippen LogP contribution in [0.3, 0.4) is 0 Å². The van der Waals surface area contributed by atoms with E-state index in [1.54, 1.807) is 12.4 Å². The summed E-state index contributed by atoms with van der Waals surface area (Å²) in [5.41, 5.74) is 0. The van der Waals surface area contributed by atoms with Gasteiger partial charge in [0.15, 0.2) is 0 Å². The minimum absolute atomic E-state index is 0. The molecule has 0 fully saturated rings. The summed E-state index contributed by atoms with van der Waals surface area (Å²) in [6, 6.07) is 5.72. The summed E-state index contributed by atoms with van der Waals surface area (Å²) in [5.74, 6) is 0. The van der Waals surface area contributed by atoms with Crippen LogP contribution in [0.15, 0.2) is 30.6 Å². The number of carbonyl (C=O) groups excluding carboxylic acids is 1. The molecule has 1 N–H and O–H groups in total. The summed E-state index contributed by atoms with van der Waals surface area (Å²) in [7, 11) is 0. The maximum absolute atomic E-state index is 8.35. The number of rotatable bonds is 0. The van der Waals surface area contributed by atoms with Crippen molar-refractivity contribution in [3.05, 3.63) is 30.6 Å². The van der Waals surface area contributed by atoms with Crippen LogP contribution in [0.2, 0.25) is 0 Å². The molecule has 0 atom stereocenters. The van der Waals surface area contributed by atoms with E-state index in [1.807, 2.05) is 18.2 Å². The van der Waals surface area contributed by atoms with Gasteiger partial charge in [-0.25, -0.2) is 10.2 Å². The second-order valence-electron chi connectivity index (χ2n) is 1.13. The van der Waals surface area contributed by atoms with E-state index in [9.17, 15) is 0 Å². The van der Waals surface area contributed by atoms with Crippen LogP contribution < -0.4 is 0 Å². The smallest absolute Gasteiger partial charge is 0.231 e. The Hall–Kier alpha value is -0.847. The zero-order valence-corrected chi connectivity index (χ0v) is 8.42. The number of isocyanates is 1. The molecule has 4 heteroatoms. The van der Waals surface area contributed by atoms with Crippen LogP contribution in [0.5, 0.6) is 0 Å². The van der Waals surface area contributed by atoms with Crippen molar-refractivity contribution in [3.8, 4) is 0 Å². The number of nitrogens with one attached hydrogen (secondary N) is 1. The first-order chi connectivity index (χ1) is 4.41. The molecule has 0 aromatic carbocycles. The normalized spacial score (nSPS) is 5.60. The van der Waals surface area contributed by atoms with Gasteiger partial charge in [0.05, 0.1) is 0 Å². The largest absolute Gasteiger partial charge is 0.265 e.